The summed E-state index contributed by atoms with van der Waals surface area (Å²) < 4.78 is 5.55. The Balaban J connectivity index is 2.20. The third-order valence-corrected chi connectivity index (χ3v) is 4.26. The third kappa shape index (κ3) is 3.67. The van der Waals surface area contributed by atoms with Crippen molar-refractivity contribution in [3.8, 4) is 5.75 Å². The highest BCUT2D eigenvalue weighted by Crippen LogP contribution is 2.34. The van der Waals surface area contributed by atoms with Crippen molar-refractivity contribution >= 4 is 5.69 Å². The summed E-state index contributed by atoms with van der Waals surface area (Å²) in [7, 11) is 3.70. The van der Waals surface area contributed by atoms with Crippen LogP contribution in [0.3, 0.4) is 0 Å². The van der Waals surface area contributed by atoms with Gasteiger partial charge in [-0.05, 0) is 26.1 Å². The second-order valence-corrected chi connectivity index (χ2v) is 5.46. The number of ether oxygens (including phenoxy) is 1. The molecule has 5 heteroatoms. The number of aliphatic hydroxyl groups excluding tert-OH is 1. The number of methoxy groups -OCH3 is 1. The molecular weight excluding hydrogens is 266 g/mol. The van der Waals surface area contributed by atoms with Crippen LogP contribution in [0.1, 0.15) is 18.5 Å². The Morgan fingerprint density at radius 2 is 2.00 bits per heavy atom. The average Bonchev–Trinajstić information content (AvgIpc) is 2.54. The molecule has 1 fully saturated rings. The lowest BCUT2D eigenvalue weighted by molar-refractivity contribution is 0.188. The minimum absolute atomic E-state index is 0.237. The topological polar surface area (TPSA) is 48.0 Å². The van der Waals surface area contributed by atoms with Gasteiger partial charge in [-0.2, -0.15) is 0 Å². The lowest BCUT2D eigenvalue weighted by atomic mass is 10.0. The van der Waals surface area contributed by atoms with E-state index in [4.69, 9.17) is 9.84 Å². The highest BCUT2D eigenvalue weighted by atomic mass is 16.5. The number of benzene rings is 1. The zero-order chi connectivity index (χ0) is 15.2. The number of nitrogens with one attached hydrogen (secondary N) is 1. The monoisotopic (exact) mass is 293 g/mol. The van der Waals surface area contributed by atoms with E-state index in [1.54, 1.807) is 7.11 Å². The van der Waals surface area contributed by atoms with Gasteiger partial charge in [0.05, 0.1) is 13.7 Å². The fraction of sp³-hybridized carbons (Fsp3) is 0.625. The second kappa shape index (κ2) is 7.64. The predicted octanol–water partition coefficient (Wildman–Crippen LogP) is 1.09. The Labute approximate surface area is 127 Å². The maximum Gasteiger partial charge on any atom is 0.125 e. The summed E-state index contributed by atoms with van der Waals surface area (Å²) in [5.74, 6) is 0.937. The molecule has 0 aromatic heterocycles. The number of anilines is 1. The number of hydrogen-bond acceptors (Lipinski definition) is 5. The summed E-state index contributed by atoms with van der Waals surface area (Å²) in [5, 5.41) is 12.4. The first-order chi connectivity index (χ1) is 10.2. The van der Waals surface area contributed by atoms with E-state index in [2.05, 4.69) is 34.2 Å². The van der Waals surface area contributed by atoms with Crippen molar-refractivity contribution in [3.05, 3.63) is 23.8 Å². The minimum Gasteiger partial charge on any atom is -0.496 e. The molecule has 0 aliphatic carbocycles. The van der Waals surface area contributed by atoms with Gasteiger partial charge in [0, 0.05) is 50.0 Å². The molecule has 1 unspecified atom stereocenters. The van der Waals surface area contributed by atoms with E-state index in [1.807, 2.05) is 13.1 Å². The van der Waals surface area contributed by atoms with Crippen LogP contribution in [0.5, 0.6) is 5.75 Å². The van der Waals surface area contributed by atoms with Gasteiger partial charge in [0.2, 0.25) is 0 Å². The maximum atomic E-state index is 9.04. The van der Waals surface area contributed by atoms with Gasteiger partial charge in [-0.15, -0.1) is 0 Å². The standard InChI is InChI=1S/C16H27N3O2/c1-13(17-2)16-14(5-4-6-15(16)21-3)19-9-7-18(8-10-19)11-12-20/h4-6,13,17,20H,7-12H2,1-3H3. The summed E-state index contributed by atoms with van der Waals surface area (Å²) in [5.41, 5.74) is 2.47. The lowest BCUT2D eigenvalue weighted by Crippen LogP contribution is -2.47. The van der Waals surface area contributed by atoms with Gasteiger partial charge in [-0.3, -0.25) is 4.90 Å². The quantitative estimate of drug-likeness (QED) is 0.822. The molecular formula is C16H27N3O2. The van der Waals surface area contributed by atoms with E-state index < -0.39 is 0 Å². The molecule has 118 valence electrons. The van der Waals surface area contributed by atoms with Gasteiger partial charge in [0.15, 0.2) is 0 Å². The lowest BCUT2D eigenvalue weighted by Gasteiger charge is -2.37. The normalized spacial score (nSPS) is 17.8. The highest BCUT2D eigenvalue weighted by molar-refractivity contribution is 5.61. The first-order valence-corrected chi connectivity index (χ1v) is 7.63. The maximum absolute atomic E-state index is 9.04. The van der Waals surface area contributed by atoms with Crippen LogP contribution in [0, 0.1) is 0 Å². The molecule has 1 aliphatic heterocycles. The predicted molar refractivity (Wildman–Crippen MR) is 86.2 cm³/mol. The average molecular weight is 293 g/mol. The van der Waals surface area contributed by atoms with Crippen molar-refractivity contribution in [2.75, 3.05) is 58.4 Å². The molecule has 0 saturated carbocycles. The van der Waals surface area contributed by atoms with Crippen LogP contribution in [-0.4, -0.2) is 63.5 Å². The molecule has 0 bridgehead atoms. The van der Waals surface area contributed by atoms with Crippen LogP contribution in [0.2, 0.25) is 0 Å². The Morgan fingerprint density at radius 1 is 1.29 bits per heavy atom. The fourth-order valence-electron chi connectivity index (χ4n) is 2.92. The van der Waals surface area contributed by atoms with E-state index in [-0.39, 0.29) is 12.6 Å². The molecule has 1 heterocycles. The zero-order valence-corrected chi connectivity index (χ0v) is 13.3. The van der Waals surface area contributed by atoms with E-state index >= 15 is 0 Å². The molecule has 21 heavy (non-hydrogen) atoms. The fourth-order valence-corrected chi connectivity index (χ4v) is 2.92. The molecule has 0 radical (unpaired) electrons. The van der Waals surface area contributed by atoms with Crippen molar-refractivity contribution in [3.63, 3.8) is 0 Å². The van der Waals surface area contributed by atoms with Crippen LogP contribution in [0.25, 0.3) is 0 Å². The summed E-state index contributed by atoms with van der Waals surface area (Å²) in [6, 6.07) is 6.49. The van der Waals surface area contributed by atoms with Crippen molar-refractivity contribution in [1.82, 2.24) is 10.2 Å². The van der Waals surface area contributed by atoms with E-state index in [0.29, 0.717) is 0 Å². The zero-order valence-electron chi connectivity index (χ0n) is 13.3. The molecule has 1 aliphatic rings. The summed E-state index contributed by atoms with van der Waals surface area (Å²) >= 11 is 0. The van der Waals surface area contributed by atoms with Crippen LogP contribution < -0.4 is 15.0 Å². The van der Waals surface area contributed by atoms with Gasteiger partial charge >= 0.3 is 0 Å². The Bertz CT molecular complexity index is 445. The highest BCUT2D eigenvalue weighted by Gasteiger charge is 2.22. The molecule has 2 N–H and O–H groups in total. The first kappa shape index (κ1) is 16.1. The molecule has 1 aromatic rings. The third-order valence-electron chi connectivity index (χ3n) is 4.26. The molecule has 0 amide bonds. The van der Waals surface area contributed by atoms with Crippen LogP contribution in [0.15, 0.2) is 18.2 Å². The van der Waals surface area contributed by atoms with Gasteiger partial charge in [0.25, 0.3) is 0 Å². The van der Waals surface area contributed by atoms with Crippen LogP contribution in [0.4, 0.5) is 5.69 Å². The number of β-amino-alcohol motifs (C(OH)–C–C–N with tert-alkyl or cyclic N) is 1. The SMILES string of the molecule is CNC(C)c1c(OC)cccc1N1CCN(CCO)CC1. The Morgan fingerprint density at radius 3 is 2.57 bits per heavy atom. The summed E-state index contributed by atoms with van der Waals surface area (Å²) in [6.45, 7) is 7.11. The molecule has 1 saturated heterocycles. The second-order valence-electron chi connectivity index (χ2n) is 5.46. The van der Waals surface area contributed by atoms with E-state index in [0.717, 1.165) is 38.5 Å². The van der Waals surface area contributed by atoms with E-state index in [9.17, 15) is 0 Å². The minimum atomic E-state index is 0.237. The number of rotatable bonds is 6. The van der Waals surface area contributed by atoms with Crippen LogP contribution >= 0.6 is 0 Å². The largest absolute Gasteiger partial charge is 0.496 e. The summed E-state index contributed by atoms with van der Waals surface area (Å²) in [4.78, 5) is 4.72. The molecule has 1 aromatic carbocycles. The van der Waals surface area contributed by atoms with Crippen molar-refractivity contribution in [2.45, 2.75) is 13.0 Å². The smallest absolute Gasteiger partial charge is 0.125 e. The molecule has 2 rings (SSSR count). The van der Waals surface area contributed by atoms with Crippen molar-refractivity contribution in [1.29, 1.82) is 0 Å². The summed E-state index contributed by atoms with van der Waals surface area (Å²) in [6.07, 6.45) is 0. The molecule has 5 nitrogen and oxygen atoms in total. The first-order valence-electron chi connectivity index (χ1n) is 7.63. The van der Waals surface area contributed by atoms with Gasteiger partial charge in [-0.25, -0.2) is 0 Å². The Kier molecular flexibility index (Phi) is 5.85. The number of hydrogen-bond donors (Lipinski definition) is 2. The Hall–Kier alpha value is -1.30. The molecule has 0 spiro atoms. The van der Waals surface area contributed by atoms with Crippen molar-refractivity contribution in [2.24, 2.45) is 0 Å². The van der Waals surface area contributed by atoms with Crippen molar-refractivity contribution < 1.29 is 9.84 Å². The number of aliphatic hydroxyl groups is 1. The van der Waals surface area contributed by atoms with Crippen LogP contribution in [-0.2, 0) is 0 Å². The van der Waals surface area contributed by atoms with Gasteiger partial charge in [0.1, 0.15) is 5.75 Å². The van der Waals surface area contributed by atoms with Gasteiger partial charge in [-0.1, -0.05) is 6.07 Å². The number of nitrogens with zero attached hydrogens (tertiary/aromatic N) is 2. The van der Waals surface area contributed by atoms with E-state index in [1.165, 1.54) is 11.3 Å². The number of piperazine rings is 1. The molecule has 1 atom stereocenters. The van der Waals surface area contributed by atoms with Gasteiger partial charge < -0.3 is 20.1 Å².